The molecule has 17 heavy (non-hydrogen) atoms. The summed E-state index contributed by atoms with van der Waals surface area (Å²) in [7, 11) is 0. The first-order valence-corrected chi connectivity index (χ1v) is 6.64. The van der Waals surface area contributed by atoms with Gasteiger partial charge in [-0.1, -0.05) is 23.3 Å². The van der Waals surface area contributed by atoms with Crippen LogP contribution >= 0.6 is 0 Å². The Balaban J connectivity index is 2.19. The van der Waals surface area contributed by atoms with Gasteiger partial charge in [0.1, 0.15) is 5.78 Å². The highest BCUT2D eigenvalue weighted by Crippen LogP contribution is 2.14. The van der Waals surface area contributed by atoms with Gasteiger partial charge in [0.2, 0.25) is 0 Å². The van der Waals surface area contributed by atoms with Gasteiger partial charge in [0, 0.05) is 13.0 Å². The molecule has 1 rings (SSSR count). The highest BCUT2D eigenvalue weighted by atomic mass is 16.1. The van der Waals surface area contributed by atoms with Gasteiger partial charge in [-0.15, -0.1) is 0 Å². The second-order valence-electron chi connectivity index (χ2n) is 5.19. The highest BCUT2D eigenvalue weighted by molar-refractivity contribution is 5.85. The minimum atomic E-state index is 0.122. The van der Waals surface area contributed by atoms with Crippen molar-refractivity contribution >= 4 is 5.78 Å². The van der Waals surface area contributed by atoms with Gasteiger partial charge < -0.3 is 5.32 Å². The third kappa shape index (κ3) is 5.83. The zero-order chi connectivity index (χ0) is 12.7. The van der Waals surface area contributed by atoms with E-state index in [1.807, 2.05) is 0 Å². The van der Waals surface area contributed by atoms with Crippen LogP contribution in [0.1, 0.15) is 52.9 Å². The predicted octanol–water partition coefficient (Wildman–Crippen LogP) is 3.39. The quantitative estimate of drug-likeness (QED) is 0.715. The Kier molecular flexibility index (Phi) is 6.20. The number of allylic oxidation sites excluding steroid dienone is 3. The minimum absolute atomic E-state index is 0.122. The molecule has 0 saturated heterocycles. The number of ketones is 1. The van der Waals surface area contributed by atoms with Crippen LogP contribution in [0, 0.1) is 0 Å². The van der Waals surface area contributed by atoms with Crippen LogP contribution in [0.4, 0.5) is 0 Å². The van der Waals surface area contributed by atoms with E-state index < -0.39 is 0 Å². The zero-order valence-electron chi connectivity index (χ0n) is 11.4. The van der Waals surface area contributed by atoms with E-state index in [1.165, 1.54) is 11.1 Å². The number of rotatable bonds is 6. The Labute approximate surface area is 105 Å². The van der Waals surface area contributed by atoms with Crippen molar-refractivity contribution in [1.82, 2.24) is 5.32 Å². The largest absolute Gasteiger partial charge is 0.304 e. The number of Topliss-reactive ketones (excluding diaryl/α,β-unsaturated/α-hetero) is 1. The van der Waals surface area contributed by atoms with E-state index in [0.29, 0.717) is 5.78 Å². The number of hydrogen-bond acceptors (Lipinski definition) is 2. The maximum atomic E-state index is 11.4. The first-order valence-electron chi connectivity index (χ1n) is 6.64. The van der Waals surface area contributed by atoms with Crippen molar-refractivity contribution in [3.63, 3.8) is 0 Å². The van der Waals surface area contributed by atoms with Crippen LogP contribution in [0.5, 0.6) is 0 Å². The lowest BCUT2D eigenvalue weighted by atomic mass is 10.1. The van der Waals surface area contributed by atoms with Crippen molar-refractivity contribution in [2.75, 3.05) is 6.54 Å². The van der Waals surface area contributed by atoms with E-state index >= 15 is 0 Å². The molecular formula is C15H25NO. The summed E-state index contributed by atoms with van der Waals surface area (Å²) in [5, 5.41) is 3.32. The fraction of sp³-hybridized carbons (Fsp3) is 0.667. The summed E-state index contributed by atoms with van der Waals surface area (Å²) in [5.41, 5.74) is 2.79. The van der Waals surface area contributed by atoms with Crippen molar-refractivity contribution in [3.8, 4) is 0 Å². The number of hydrogen-bond donors (Lipinski definition) is 1. The van der Waals surface area contributed by atoms with Crippen LogP contribution < -0.4 is 5.32 Å². The van der Waals surface area contributed by atoms with Crippen molar-refractivity contribution in [1.29, 1.82) is 0 Å². The topological polar surface area (TPSA) is 29.1 Å². The zero-order valence-corrected chi connectivity index (χ0v) is 11.4. The summed E-state index contributed by atoms with van der Waals surface area (Å²) in [5.74, 6) is 0.389. The van der Waals surface area contributed by atoms with E-state index in [-0.39, 0.29) is 6.04 Å². The Hall–Kier alpha value is -0.890. The van der Waals surface area contributed by atoms with Crippen molar-refractivity contribution in [2.24, 2.45) is 0 Å². The average Bonchev–Trinajstić information content (AvgIpc) is 2.64. The average molecular weight is 235 g/mol. The van der Waals surface area contributed by atoms with Crippen molar-refractivity contribution < 1.29 is 4.79 Å². The second kappa shape index (κ2) is 7.44. The maximum Gasteiger partial charge on any atom is 0.149 e. The molecule has 0 aliphatic heterocycles. The third-order valence-corrected chi connectivity index (χ3v) is 3.21. The van der Waals surface area contributed by atoms with Crippen LogP contribution in [-0.4, -0.2) is 18.4 Å². The third-order valence-electron chi connectivity index (χ3n) is 3.21. The molecule has 0 radical (unpaired) electrons. The van der Waals surface area contributed by atoms with Crippen molar-refractivity contribution in [2.45, 2.75) is 58.9 Å². The summed E-state index contributed by atoms with van der Waals surface area (Å²) in [6.45, 7) is 7.26. The van der Waals surface area contributed by atoms with E-state index in [2.05, 4.69) is 38.2 Å². The molecule has 1 atom stereocenters. The molecule has 2 nitrogen and oxygen atoms in total. The molecule has 0 aromatic rings. The summed E-state index contributed by atoms with van der Waals surface area (Å²) < 4.78 is 0. The molecule has 1 aliphatic rings. The van der Waals surface area contributed by atoms with E-state index in [9.17, 15) is 4.79 Å². The lowest BCUT2D eigenvalue weighted by Crippen LogP contribution is -2.32. The molecule has 0 amide bonds. The monoisotopic (exact) mass is 235 g/mol. The Morgan fingerprint density at radius 3 is 2.71 bits per heavy atom. The second-order valence-corrected chi connectivity index (χ2v) is 5.19. The van der Waals surface area contributed by atoms with Gasteiger partial charge >= 0.3 is 0 Å². The molecule has 0 bridgehead atoms. The summed E-state index contributed by atoms with van der Waals surface area (Å²) in [6, 6.07) is 0.122. The van der Waals surface area contributed by atoms with Crippen LogP contribution in [0.25, 0.3) is 0 Å². The van der Waals surface area contributed by atoms with Crippen LogP contribution in [0.2, 0.25) is 0 Å². The lowest BCUT2D eigenvalue weighted by Gasteiger charge is -2.08. The molecule has 0 aromatic heterocycles. The maximum absolute atomic E-state index is 11.4. The molecule has 1 fully saturated rings. The van der Waals surface area contributed by atoms with Crippen molar-refractivity contribution in [3.05, 3.63) is 23.3 Å². The summed E-state index contributed by atoms with van der Waals surface area (Å²) >= 11 is 0. The molecule has 1 aliphatic carbocycles. The standard InChI is InChI=1S/C15H25NO/c1-12(2)6-4-7-13(3)10-11-16-14-8-5-9-15(14)17/h6,10,14,16H,4-5,7-9,11H2,1-3H3/b13-10+. The lowest BCUT2D eigenvalue weighted by molar-refractivity contribution is -0.119. The molecule has 0 spiro atoms. The molecule has 0 aromatic carbocycles. The smallest absolute Gasteiger partial charge is 0.149 e. The fourth-order valence-corrected chi connectivity index (χ4v) is 2.10. The molecule has 96 valence electrons. The van der Waals surface area contributed by atoms with Gasteiger partial charge in [0.05, 0.1) is 6.04 Å². The fourth-order valence-electron chi connectivity index (χ4n) is 2.10. The summed E-state index contributed by atoms with van der Waals surface area (Å²) in [4.78, 5) is 11.4. The van der Waals surface area contributed by atoms with E-state index in [0.717, 1.165) is 38.6 Å². The highest BCUT2D eigenvalue weighted by Gasteiger charge is 2.22. The summed E-state index contributed by atoms with van der Waals surface area (Å²) in [6.07, 6.45) is 9.55. The first-order chi connectivity index (χ1) is 8.09. The molecule has 1 N–H and O–H groups in total. The van der Waals surface area contributed by atoms with Crippen LogP contribution in [-0.2, 0) is 4.79 Å². The van der Waals surface area contributed by atoms with Gasteiger partial charge in [-0.2, -0.15) is 0 Å². The van der Waals surface area contributed by atoms with Gasteiger partial charge in [-0.25, -0.2) is 0 Å². The Bertz CT molecular complexity index is 311. The predicted molar refractivity (Wildman–Crippen MR) is 73.1 cm³/mol. The first kappa shape index (κ1) is 14.2. The normalized spacial score (nSPS) is 20.8. The molecule has 1 unspecified atom stereocenters. The number of carbonyl (C=O) groups is 1. The molecule has 1 saturated carbocycles. The molecule has 0 heterocycles. The Morgan fingerprint density at radius 1 is 1.35 bits per heavy atom. The number of carbonyl (C=O) groups excluding carboxylic acids is 1. The van der Waals surface area contributed by atoms with Crippen LogP contribution in [0.3, 0.4) is 0 Å². The van der Waals surface area contributed by atoms with Gasteiger partial charge in [-0.05, 0) is 46.5 Å². The minimum Gasteiger partial charge on any atom is -0.304 e. The van der Waals surface area contributed by atoms with E-state index in [1.54, 1.807) is 0 Å². The SMILES string of the molecule is CC(C)=CCC/C(C)=C/CNC1CCCC1=O. The number of nitrogens with one attached hydrogen (secondary N) is 1. The Morgan fingerprint density at radius 2 is 2.12 bits per heavy atom. The molecule has 2 heteroatoms. The van der Waals surface area contributed by atoms with Gasteiger partial charge in [-0.3, -0.25) is 4.79 Å². The van der Waals surface area contributed by atoms with Gasteiger partial charge in [0.25, 0.3) is 0 Å². The van der Waals surface area contributed by atoms with Gasteiger partial charge in [0.15, 0.2) is 0 Å². The van der Waals surface area contributed by atoms with E-state index in [4.69, 9.17) is 0 Å². The molecular weight excluding hydrogens is 210 g/mol. The van der Waals surface area contributed by atoms with Crippen LogP contribution in [0.15, 0.2) is 23.3 Å².